The van der Waals surface area contributed by atoms with E-state index in [1.807, 2.05) is 6.92 Å². The van der Waals surface area contributed by atoms with Crippen LogP contribution in [-0.4, -0.2) is 18.6 Å². The predicted octanol–water partition coefficient (Wildman–Crippen LogP) is 2.33. The summed E-state index contributed by atoms with van der Waals surface area (Å²) in [4.78, 5) is 0. The Hall–Kier alpha value is -0.390. The normalized spacial score (nSPS) is 12.9. The molecule has 0 fully saturated rings. The lowest BCUT2D eigenvalue weighted by molar-refractivity contribution is 0.0871. The van der Waals surface area contributed by atoms with Gasteiger partial charge in [-0.05, 0) is 24.8 Å². The van der Waals surface area contributed by atoms with Crippen LogP contribution < -0.4 is 0 Å². The molecular weight excluding hydrogens is 204 g/mol. The molecule has 0 aliphatic rings. The second-order valence-corrected chi connectivity index (χ2v) is 4.19. The topological polar surface area (TPSA) is 63.6 Å². The van der Waals surface area contributed by atoms with Gasteiger partial charge in [-0.3, -0.25) is 4.55 Å². The fourth-order valence-electron chi connectivity index (χ4n) is 1.45. The third kappa shape index (κ3) is 3.40. The summed E-state index contributed by atoms with van der Waals surface area (Å²) < 4.78 is 34.7. The highest BCUT2D eigenvalue weighted by atomic mass is 32.3. The first kappa shape index (κ1) is 13.6. The Morgan fingerprint density at radius 2 is 1.79 bits per heavy atom. The first-order chi connectivity index (χ1) is 6.31. The SMILES string of the molecule is C=C(CC)C(CC)(CC)OS(=O)(=O)O. The Kier molecular flexibility index (Phi) is 4.77. The van der Waals surface area contributed by atoms with Gasteiger partial charge in [0.1, 0.15) is 5.60 Å². The van der Waals surface area contributed by atoms with E-state index in [4.69, 9.17) is 8.74 Å². The zero-order valence-corrected chi connectivity index (χ0v) is 9.73. The minimum atomic E-state index is -4.42. The van der Waals surface area contributed by atoms with Crippen molar-refractivity contribution in [2.24, 2.45) is 0 Å². The maximum atomic E-state index is 10.7. The third-order valence-electron chi connectivity index (χ3n) is 2.48. The fraction of sp³-hybridized carbons (Fsp3) is 0.778. The van der Waals surface area contributed by atoms with Crippen LogP contribution in [0.5, 0.6) is 0 Å². The van der Waals surface area contributed by atoms with E-state index in [9.17, 15) is 8.42 Å². The first-order valence-electron chi connectivity index (χ1n) is 4.67. The Morgan fingerprint density at radius 3 is 2.00 bits per heavy atom. The van der Waals surface area contributed by atoms with Gasteiger partial charge in [-0.15, -0.1) is 0 Å². The zero-order valence-electron chi connectivity index (χ0n) is 8.91. The Morgan fingerprint density at radius 1 is 1.36 bits per heavy atom. The highest BCUT2D eigenvalue weighted by Gasteiger charge is 2.34. The lowest BCUT2D eigenvalue weighted by atomic mass is 9.88. The van der Waals surface area contributed by atoms with Gasteiger partial charge in [0.2, 0.25) is 0 Å². The van der Waals surface area contributed by atoms with Gasteiger partial charge in [-0.25, -0.2) is 4.18 Å². The Labute approximate surface area is 85.9 Å². The van der Waals surface area contributed by atoms with Gasteiger partial charge in [-0.2, -0.15) is 8.42 Å². The molecule has 4 nitrogen and oxygen atoms in total. The molecular formula is C9H18O4S. The third-order valence-corrected chi connectivity index (χ3v) is 3.01. The van der Waals surface area contributed by atoms with Crippen molar-refractivity contribution in [1.82, 2.24) is 0 Å². The maximum absolute atomic E-state index is 10.7. The van der Waals surface area contributed by atoms with Gasteiger partial charge in [0.05, 0.1) is 0 Å². The highest BCUT2D eigenvalue weighted by molar-refractivity contribution is 7.80. The molecule has 0 amide bonds. The fourth-order valence-corrected chi connectivity index (χ4v) is 2.21. The lowest BCUT2D eigenvalue weighted by Gasteiger charge is -2.31. The maximum Gasteiger partial charge on any atom is 0.398 e. The van der Waals surface area contributed by atoms with Crippen LogP contribution in [0.25, 0.3) is 0 Å². The number of rotatable bonds is 6. The molecule has 0 aliphatic heterocycles. The van der Waals surface area contributed by atoms with E-state index >= 15 is 0 Å². The molecule has 0 saturated heterocycles. The molecule has 0 atom stereocenters. The quantitative estimate of drug-likeness (QED) is 0.553. The summed E-state index contributed by atoms with van der Waals surface area (Å²) in [5.41, 5.74) is -0.275. The monoisotopic (exact) mass is 222 g/mol. The highest BCUT2D eigenvalue weighted by Crippen LogP contribution is 2.31. The molecule has 0 aromatic heterocycles. The van der Waals surface area contributed by atoms with Crippen LogP contribution in [0.2, 0.25) is 0 Å². The van der Waals surface area contributed by atoms with Crippen molar-refractivity contribution < 1.29 is 17.2 Å². The van der Waals surface area contributed by atoms with E-state index in [2.05, 4.69) is 6.58 Å². The van der Waals surface area contributed by atoms with Crippen molar-refractivity contribution in [1.29, 1.82) is 0 Å². The summed E-state index contributed by atoms with van der Waals surface area (Å²) in [5, 5.41) is 0. The summed E-state index contributed by atoms with van der Waals surface area (Å²) >= 11 is 0. The molecule has 0 saturated carbocycles. The molecule has 0 bridgehead atoms. The van der Waals surface area contributed by atoms with E-state index in [0.29, 0.717) is 24.8 Å². The largest absolute Gasteiger partial charge is 0.398 e. The molecule has 14 heavy (non-hydrogen) atoms. The summed E-state index contributed by atoms with van der Waals surface area (Å²) in [6.07, 6.45) is 1.56. The molecule has 0 rings (SSSR count). The molecule has 0 heterocycles. The van der Waals surface area contributed by atoms with Crippen molar-refractivity contribution in [3.8, 4) is 0 Å². The van der Waals surface area contributed by atoms with Crippen molar-refractivity contribution >= 4 is 10.4 Å². The number of hydrogen-bond acceptors (Lipinski definition) is 3. The molecule has 0 aromatic carbocycles. The molecule has 0 spiro atoms. The summed E-state index contributed by atoms with van der Waals surface area (Å²) in [6.45, 7) is 9.24. The van der Waals surface area contributed by atoms with Gasteiger partial charge in [0.15, 0.2) is 0 Å². The van der Waals surface area contributed by atoms with Gasteiger partial charge in [0.25, 0.3) is 0 Å². The van der Waals surface area contributed by atoms with E-state index in [1.165, 1.54) is 0 Å². The van der Waals surface area contributed by atoms with Crippen molar-refractivity contribution in [3.05, 3.63) is 12.2 Å². The van der Waals surface area contributed by atoms with E-state index < -0.39 is 16.0 Å². The van der Waals surface area contributed by atoms with Gasteiger partial charge < -0.3 is 0 Å². The molecule has 5 heteroatoms. The summed E-state index contributed by atoms with van der Waals surface area (Å²) in [6, 6.07) is 0. The molecule has 0 unspecified atom stereocenters. The molecule has 1 N–H and O–H groups in total. The van der Waals surface area contributed by atoms with Crippen LogP contribution in [0.1, 0.15) is 40.0 Å². The number of hydrogen-bond donors (Lipinski definition) is 1. The molecule has 0 radical (unpaired) electrons. The van der Waals surface area contributed by atoms with Crippen LogP contribution in [0.15, 0.2) is 12.2 Å². The smallest absolute Gasteiger partial charge is 0.264 e. The van der Waals surface area contributed by atoms with Crippen LogP contribution >= 0.6 is 0 Å². The second kappa shape index (κ2) is 4.91. The van der Waals surface area contributed by atoms with Crippen molar-refractivity contribution in [2.75, 3.05) is 0 Å². The van der Waals surface area contributed by atoms with Crippen LogP contribution in [0.4, 0.5) is 0 Å². The van der Waals surface area contributed by atoms with Crippen LogP contribution in [-0.2, 0) is 14.6 Å². The first-order valence-corrected chi connectivity index (χ1v) is 6.04. The Bertz CT molecular complexity index is 288. The minimum Gasteiger partial charge on any atom is -0.264 e. The average Bonchev–Trinajstić information content (AvgIpc) is 2.11. The predicted molar refractivity (Wildman–Crippen MR) is 55.4 cm³/mol. The minimum absolute atomic E-state index is 0.468. The van der Waals surface area contributed by atoms with Crippen molar-refractivity contribution in [3.63, 3.8) is 0 Å². The lowest BCUT2D eigenvalue weighted by Crippen LogP contribution is -2.35. The molecule has 0 aromatic rings. The average molecular weight is 222 g/mol. The Balaban J connectivity index is 4.99. The van der Waals surface area contributed by atoms with E-state index in [-0.39, 0.29) is 0 Å². The van der Waals surface area contributed by atoms with Gasteiger partial charge in [0, 0.05) is 0 Å². The summed E-state index contributed by atoms with van der Waals surface area (Å²) in [5.74, 6) is 0. The van der Waals surface area contributed by atoms with Gasteiger partial charge in [-0.1, -0.05) is 27.4 Å². The van der Waals surface area contributed by atoms with Crippen molar-refractivity contribution in [2.45, 2.75) is 45.6 Å². The van der Waals surface area contributed by atoms with Gasteiger partial charge >= 0.3 is 10.4 Å². The summed E-state index contributed by atoms with van der Waals surface area (Å²) in [7, 11) is -4.42. The van der Waals surface area contributed by atoms with Crippen LogP contribution in [0.3, 0.4) is 0 Å². The second-order valence-electron chi connectivity index (χ2n) is 3.17. The van der Waals surface area contributed by atoms with E-state index in [0.717, 1.165) is 0 Å². The molecule has 0 aliphatic carbocycles. The van der Waals surface area contributed by atoms with Crippen LogP contribution in [0, 0.1) is 0 Å². The molecule has 84 valence electrons. The standard InChI is InChI=1S/C9H18O4S/c1-5-8(4)9(6-2,7-3)13-14(10,11)12/h4-7H2,1-3H3,(H,10,11,12). The van der Waals surface area contributed by atoms with E-state index in [1.54, 1.807) is 13.8 Å². The zero-order chi connectivity index (χ0) is 11.4.